The lowest BCUT2D eigenvalue weighted by Crippen LogP contribution is -2.55. The molecule has 1 saturated heterocycles. The van der Waals surface area contributed by atoms with Gasteiger partial charge in [-0.15, -0.1) is 0 Å². The van der Waals surface area contributed by atoms with Crippen molar-refractivity contribution in [1.82, 2.24) is 20.1 Å². The predicted octanol–water partition coefficient (Wildman–Crippen LogP) is 1.40. The van der Waals surface area contributed by atoms with Gasteiger partial charge in [-0.25, -0.2) is 4.98 Å². The standard InChI is InChI=1S/C25H26N4O5/c30-15-21(27-24(31)20-7-6-18-3-1-2-4-19(18)26-20)25(32)29-11-9-28(10-12-29)14-17-5-8-22-23(13-17)34-16-33-22/h1-8,13,21,30H,9-12,14-16H2,(H,27,31)/t21-/m0/s1. The van der Waals surface area contributed by atoms with Crippen molar-refractivity contribution in [2.24, 2.45) is 0 Å². The second-order valence-corrected chi connectivity index (χ2v) is 8.39. The Labute approximate surface area is 196 Å². The third-order valence-corrected chi connectivity index (χ3v) is 6.14. The van der Waals surface area contributed by atoms with Crippen molar-refractivity contribution in [3.05, 3.63) is 65.9 Å². The zero-order chi connectivity index (χ0) is 23.5. The maximum absolute atomic E-state index is 13.0. The van der Waals surface area contributed by atoms with E-state index in [1.165, 1.54) is 0 Å². The van der Waals surface area contributed by atoms with E-state index in [0.29, 0.717) is 31.7 Å². The average Bonchev–Trinajstić information content (AvgIpc) is 3.35. The fraction of sp³-hybridized carbons (Fsp3) is 0.320. The van der Waals surface area contributed by atoms with E-state index in [2.05, 4.69) is 15.2 Å². The number of piperazine rings is 1. The Bertz CT molecular complexity index is 1210. The molecule has 0 unspecified atom stereocenters. The van der Waals surface area contributed by atoms with Crippen LogP contribution in [0, 0.1) is 0 Å². The second kappa shape index (κ2) is 9.66. The van der Waals surface area contributed by atoms with Crippen LogP contribution in [0.15, 0.2) is 54.6 Å². The summed E-state index contributed by atoms with van der Waals surface area (Å²) < 4.78 is 10.8. The first-order valence-corrected chi connectivity index (χ1v) is 11.3. The Hall–Kier alpha value is -3.69. The summed E-state index contributed by atoms with van der Waals surface area (Å²) >= 11 is 0. The van der Waals surface area contributed by atoms with Crippen LogP contribution in [0.5, 0.6) is 11.5 Å². The molecule has 0 aliphatic carbocycles. The lowest BCUT2D eigenvalue weighted by atomic mass is 10.1. The number of hydrogen-bond acceptors (Lipinski definition) is 7. The SMILES string of the molecule is O=C(N[C@@H](CO)C(=O)N1CCN(Cc2ccc3c(c2)OCO3)CC1)c1ccc2ccccc2n1. The zero-order valence-corrected chi connectivity index (χ0v) is 18.6. The summed E-state index contributed by atoms with van der Waals surface area (Å²) in [7, 11) is 0. The molecule has 2 aromatic carbocycles. The summed E-state index contributed by atoms with van der Waals surface area (Å²) in [6, 6.07) is 15.8. The van der Waals surface area contributed by atoms with Crippen LogP contribution in [0.4, 0.5) is 0 Å². The molecule has 2 aliphatic rings. The Morgan fingerprint density at radius 2 is 1.79 bits per heavy atom. The topological polar surface area (TPSA) is 104 Å². The van der Waals surface area contributed by atoms with Crippen LogP contribution in [0.25, 0.3) is 10.9 Å². The maximum Gasteiger partial charge on any atom is 0.270 e. The number of rotatable bonds is 6. The molecule has 0 bridgehead atoms. The van der Waals surface area contributed by atoms with E-state index in [1.807, 2.05) is 48.5 Å². The van der Waals surface area contributed by atoms with Gasteiger partial charge in [0.1, 0.15) is 11.7 Å². The van der Waals surface area contributed by atoms with Crippen LogP contribution in [0.2, 0.25) is 0 Å². The van der Waals surface area contributed by atoms with Crippen molar-refractivity contribution in [3.63, 3.8) is 0 Å². The smallest absolute Gasteiger partial charge is 0.270 e. The molecule has 9 nitrogen and oxygen atoms in total. The van der Waals surface area contributed by atoms with Crippen LogP contribution < -0.4 is 14.8 Å². The fourth-order valence-electron chi connectivity index (χ4n) is 4.25. The summed E-state index contributed by atoms with van der Waals surface area (Å²) in [5.41, 5.74) is 2.02. The van der Waals surface area contributed by atoms with Crippen molar-refractivity contribution < 1.29 is 24.2 Å². The molecule has 34 heavy (non-hydrogen) atoms. The third-order valence-electron chi connectivity index (χ3n) is 6.14. The van der Waals surface area contributed by atoms with Gasteiger partial charge in [-0.2, -0.15) is 0 Å². The van der Waals surface area contributed by atoms with Crippen molar-refractivity contribution in [1.29, 1.82) is 0 Å². The normalized spacial score (nSPS) is 16.4. The minimum Gasteiger partial charge on any atom is -0.454 e. The largest absolute Gasteiger partial charge is 0.454 e. The quantitative estimate of drug-likeness (QED) is 0.571. The monoisotopic (exact) mass is 462 g/mol. The molecular weight excluding hydrogens is 436 g/mol. The Balaban J connectivity index is 1.16. The van der Waals surface area contributed by atoms with Crippen LogP contribution in [0.1, 0.15) is 16.1 Å². The number of hydrogen-bond donors (Lipinski definition) is 2. The van der Waals surface area contributed by atoms with Crippen LogP contribution in [0.3, 0.4) is 0 Å². The van der Waals surface area contributed by atoms with Gasteiger partial charge < -0.3 is 24.8 Å². The van der Waals surface area contributed by atoms with Gasteiger partial charge in [0.2, 0.25) is 12.7 Å². The molecule has 176 valence electrons. The Morgan fingerprint density at radius 3 is 2.62 bits per heavy atom. The molecule has 5 rings (SSSR count). The van der Waals surface area contributed by atoms with Gasteiger partial charge in [-0.1, -0.05) is 30.3 Å². The lowest BCUT2D eigenvalue weighted by molar-refractivity contribution is -0.136. The summed E-state index contributed by atoms with van der Waals surface area (Å²) in [5, 5.41) is 13.4. The van der Waals surface area contributed by atoms with Gasteiger partial charge in [-0.3, -0.25) is 14.5 Å². The first-order valence-electron chi connectivity index (χ1n) is 11.3. The van der Waals surface area contributed by atoms with E-state index in [9.17, 15) is 14.7 Å². The third kappa shape index (κ3) is 4.66. The molecule has 1 fully saturated rings. The number of aliphatic hydroxyl groups excluding tert-OH is 1. The molecule has 2 aliphatic heterocycles. The zero-order valence-electron chi connectivity index (χ0n) is 18.6. The van der Waals surface area contributed by atoms with Gasteiger partial charge in [0.05, 0.1) is 12.1 Å². The number of benzene rings is 2. The lowest BCUT2D eigenvalue weighted by Gasteiger charge is -2.36. The summed E-state index contributed by atoms with van der Waals surface area (Å²) in [5.74, 6) is 0.739. The number of amides is 2. The molecule has 0 saturated carbocycles. The minimum atomic E-state index is -1.01. The molecule has 3 heterocycles. The molecule has 1 aromatic heterocycles. The fourth-order valence-corrected chi connectivity index (χ4v) is 4.25. The van der Waals surface area contributed by atoms with Crippen LogP contribution >= 0.6 is 0 Å². The van der Waals surface area contributed by atoms with E-state index in [-0.39, 0.29) is 18.4 Å². The van der Waals surface area contributed by atoms with Crippen molar-refractivity contribution in [2.45, 2.75) is 12.6 Å². The average molecular weight is 463 g/mol. The summed E-state index contributed by atoms with van der Waals surface area (Å²) in [4.78, 5) is 34.0. The van der Waals surface area contributed by atoms with Gasteiger partial charge in [-0.05, 0) is 29.8 Å². The molecule has 3 aromatic rings. The highest BCUT2D eigenvalue weighted by Crippen LogP contribution is 2.32. The van der Waals surface area contributed by atoms with Crippen molar-refractivity contribution >= 4 is 22.7 Å². The van der Waals surface area contributed by atoms with E-state index in [4.69, 9.17) is 9.47 Å². The van der Waals surface area contributed by atoms with Gasteiger partial charge in [0.15, 0.2) is 11.5 Å². The first kappa shape index (κ1) is 22.1. The van der Waals surface area contributed by atoms with E-state index >= 15 is 0 Å². The van der Waals surface area contributed by atoms with Crippen LogP contribution in [-0.2, 0) is 11.3 Å². The number of nitrogens with one attached hydrogen (secondary N) is 1. The maximum atomic E-state index is 13.0. The van der Waals surface area contributed by atoms with Gasteiger partial charge in [0.25, 0.3) is 5.91 Å². The van der Waals surface area contributed by atoms with Gasteiger partial charge >= 0.3 is 0 Å². The second-order valence-electron chi connectivity index (χ2n) is 8.39. The van der Waals surface area contributed by atoms with E-state index in [0.717, 1.165) is 29.0 Å². The molecule has 1 atom stereocenters. The highest BCUT2D eigenvalue weighted by atomic mass is 16.7. The molecular formula is C25H26N4O5. The Kier molecular flexibility index (Phi) is 6.29. The highest BCUT2D eigenvalue weighted by molar-refractivity contribution is 5.97. The number of para-hydroxylation sites is 1. The number of fused-ring (bicyclic) bond motifs is 2. The van der Waals surface area contributed by atoms with E-state index < -0.39 is 18.6 Å². The summed E-state index contributed by atoms with van der Waals surface area (Å²) in [6.07, 6.45) is 0. The highest BCUT2D eigenvalue weighted by Gasteiger charge is 2.29. The summed E-state index contributed by atoms with van der Waals surface area (Å²) in [6.45, 7) is 2.94. The first-order chi connectivity index (χ1) is 16.6. The van der Waals surface area contributed by atoms with Crippen molar-refractivity contribution in [3.8, 4) is 11.5 Å². The Morgan fingerprint density at radius 1 is 1.00 bits per heavy atom. The van der Waals surface area contributed by atoms with Gasteiger partial charge in [0, 0.05) is 38.1 Å². The molecule has 2 amide bonds. The van der Waals surface area contributed by atoms with E-state index in [1.54, 1.807) is 11.0 Å². The predicted molar refractivity (Wildman–Crippen MR) is 125 cm³/mol. The number of aromatic nitrogens is 1. The minimum absolute atomic E-state index is 0.207. The van der Waals surface area contributed by atoms with Crippen molar-refractivity contribution in [2.75, 3.05) is 39.6 Å². The number of aliphatic hydroxyl groups is 1. The number of pyridine rings is 1. The number of ether oxygens (including phenoxy) is 2. The molecule has 2 N–H and O–H groups in total. The number of carbonyl (C=O) groups is 2. The molecule has 9 heteroatoms. The number of carbonyl (C=O) groups excluding carboxylic acids is 2. The number of nitrogens with zero attached hydrogens (tertiary/aromatic N) is 3. The molecule has 0 spiro atoms. The molecule has 0 radical (unpaired) electrons. The van der Waals surface area contributed by atoms with Crippen LogP contribution in [-0.4, -0.2) is 77.3 Å².